The van der Waals surface area contributed by atoms with Crippen LogP contribution in [0.15, 0.2) is 18.2 Å². The fourth-order valence-electron chi connectivity index (χ4n) is 2.15. The lowest BCUT2D eigenvalue weighted by molar-refractivity contribution is 0.275. The van der Waals surface area contributed by atoms with Gasteiger partial charge in [0.1, 0.15) is 0 Å². The molecule has 0 radical (unpaired) electrons. The van der Waals surface area contributed by atoms with Crippen molar-refractivity contribution in [3.63, 3.8) is 0 Å². The monoisotopic (exact) mass is 235 g/mol. The molecule has 1 rings (SSSR count). The highest BCUT2D eigenvalue weighted by Crippen LogP contribution is 2.32. The van der Waals surface area contributed by atoms with Crippen LogP contribution in [0.2, 0.25) is 0 Å². The lowest BCUT2D eigenvalue weighted by Gasteiger charge is -2.28. The number of nitrogens with zero attached hydrogens (tertiary/aromatic N) is 1. The van der Waals surface area contributed by atoms with Gasteiger partial charge in [-0.05, 0) is 25.0 Å². The van der Waals surface area contributed by atoms with Gasteiger partial charge in [0.05, 0.1) is 12.3 Å². The van der Waals surface area contributed by atoms with E-state index in [1.54, 1.807) is 0 Å². The van der Waals surface area contributed by atoms with Gasteiger partial charge >= 0.3 is 0 Å². The molecule has 0 saturated carbocycles. The topological polar surface area (TPSA) is 33.1 Å². The van der Waals surface area contributed by atoms with Crippen molar-refractivity contribution in [3.05, 3.63) is 29.6 Å². The maximum Gasteiger partial charge on any atom is 0.0853 e. The molecule has 1 N–H and O–H groups in total. The predicted molar refractivity (Wildman–Crippen MR) is 71.9 cm³/mol. The minimum absolute atomic E-state index is 0.0304. The molecule has 2 heteroatoms. The van der Waals surface area contributed by atoms with Crippen molar-refractivity contribution in [3.8, 4) is 0 Å². The molecule has 96 valence electrons. The van der Waals surface area contributed by atoms with Crippen LogP contribution in [0, 0.1) is 0 Å². The summed E-state index contributed by atoms with van der Waals surface area (Å²) in [4.78, 5) is 4.56. The van der Waals surface area contributed by atoms with E-state index in [0.717, 1.165) is 17.8 Å². The van der Waals surface area contributed by atoms with Crippen molar-refractivity contribution in [1.82, 2.24) is 4.98 Å². The van der Waals surface area contributed by atoms with Crippen molar-refractivity contribution >= 4 is 0 Å². The third kappa shape index (κ3) is 3.81. The second kappa shape index (κ2) is 6.75. The van der Waals surface area contributed by atoms with Gasteiger partial charge in [0, 0.05) is 11.1 Å². The average molecular weight is 235 g/mol. The molecule has 0 aliphatic rings. The Balaban J connectivity index is 2.82. The Hall–Kier alpha value is -0.890. The van der Waals surface area contributed by atoms with Crippen LogP contribution in [-0.4, -0.2) is 10.1 Å². The van der Waals surface area contributed by atoms with Crippen molar-refractivity contribution in [2.24, 2.45) is 0 Å². The molecule has 17 heavy (non-hydrogen) atoms. The van der Waals surface area contributed by atoms with E-state index >= 15 is 0 Å². The molecule has 0 fully saturated rings. The molecule has 0 aromatic carbocycles. The standard InChI is InChI=1S/C15H25NO/c1-4-6-7-11-15(3,5-2)14-10-8-9-13(12-17)16-14/h8-10,17H,4-7,11-12H2,1-3H3. The van der Waals surface area contributed by atoms with E-state index < -0.39 is 0 Å². The Labute approximate surface area is 105 Å². The summed E-state index contributed by atoms with van der Waals surface area (Å²) in [5.74, 6) is 0. The summed E-state index contributed by atoms with van der Waals surface area (Å²) in [6.07, 6.45) is 6.07. The number of aromatic nitrogens is 1. The van der Waals surface area contributed by atoms with E-state index in [9.17, 15) is 0 Å². The van der Waals surface area contributed by atoms with E-state index in [4.69, 9.17) is 5.11 Å². The minimum atomic E-state index is 0.0304. The number of pyridine rings is 1. The Morgan fingerprint density at radius 3 is 2.59 bits per heavy atom. The highest BCUT2D eigenvalue weighted by atomic mass is 16.3. The van der Waals surface area contributed by atoms with Crippen LogP contribution in [0.5, 0.6) is 0 Å². The molecule has 0 aliphatic carbocycles. The lowest BCUT2D eigenvalue weighted by Crippen LogP contribution is -2.22. The van der Waals surface area contributed by atoms with Gasteiger partial charge in [-0.15, -0.1) is 0 Å². The first kappa shape index (κ1) is 14.2. The van der Waals surface area contributed by atoms with E-state index in [2.05, 4.69) is 31.8 Å². The molecule has 0 bridgehead atoms. The van der Waals surface area contributed by atoms with Gasteiger partial charge in [-0.3, -0.25) is 4.98 Å². The Morgan fingerprint density at radius 1 is 1.24 bits per heavy atom. The largest absolute Gasteiger partial charge is 0.390 e. The molecule has 0 aliphatic heterocycles. The number of hydrogen-bond donors (Lipinski definition) is 1. The minimum Gasteiger partial charge on any atom is -0.390 e. The van der Waals surface area contributed by atoms with Crippen molar-refractivity contribution < 1.29 is 5.11 Å². The Bertz CT molecular complexity index is 337. The fraction of sp³-hybridized carbons (Fsp3) is 0.667. The zero-order valence-corrected chi connectivity index (χ0v) is 11.4. The number of rotatable bonds is 7. The normalized spacial score (nSPS) is 14.6. The molecule has 1 atom stereocenters. The molecular formula is C15H25NO. The summed E-state index contributed by atoms with van der Waals surface area (Å²) in [6, 6.07) is 5.97. The molecule has 2 nitrogen and oxygen atoms in total. The van der Waals surface area contributed by atoms with E-state index in [0.29, 0.717) is 0 Å². The van der Waals surface area contributed by atoms with Gasteiger partial charge in [-0.2, -0.15) is 0 Å². The first-order valence-corrected chi connectivity index (χ1v) is 6.73. The SMILES string of the molecule is CCCCCC(C)(CC)c1cccc(CO)n1. The first-order valence-electron chi connectivity index (χ1n) is 6.73. The zero-order chi connectivity index (χ0) is 12.7. The van der Waals surface area contributed by atoms with Gasteiger partial charge in [0.15, 0.2) is 0 Å². The molecule has 1 unspecified atom stereocenters. The van der Waals surface area contributed by atoms with Crippen LogP contribution in [0.1, 0.15) is 64.3 Å². The van der Waals surface area contributed by atoms with Crippen LogP contribution in [0.4, 0.5) is 0 Å². The summed E-state index contributed by atoms with van der Waals surface area (Å²) in [5.41, 5.74) is 2.06. The summed E-state index contributed by atoms with van der Waals surface area (Å²) >= 11 is 0. The highest BCUT2D eigenvalue weighted by molar-refractivity contribution is 5.19. The smallest absolute Gasteiger partial charge is 0.0853 e. The number of unbranched alkanes of at least 4 members (excludes halogenated alkanes) is 2. The third-order valence-corrected chi connectivity index (χ3v) is 3.70. The number of aliphatic hydroxyl groups is 1. The van der Waals surface area contributed by atoms with Crippen LogP contribution < -0.4 is 0 Å². The first-order chi connectivity index (χ1) is 8.16. The van der Waals surface area contributed by atoms with Crippen molar-refractivity contribution in [2.75, 3.05) is 0 Å². The summed E-state index contributed by atoms with van der Waals surface area (Å²) in [6.45, 7) is 6.77. The number of aliphatic hydroxyl groups excluding tert-OH is 1. The summed E-state index contributed by atoms with van der Waals surface area (Å²) < 4.78 is 0. The Morgan fingerprint density at radius 2 is 2.00 bits per heavy atom. The third-order valence-electron chi connectivity index (χ3n) is 3.70. The van der Waals surface area contributed by atoms with Gasteiger partial charge in [0.25, 0.3) is 0 Å². The van der Waals surface area contributed by atoms with E-state index in [1.807, 2.05) is 12.1 Å². The van der Waals surface area contributed by atoms with Gasteiger partial charge in [-0.1, -0.05) is 46.1 Å². The average Bonchev–Trinajstić information content (AvgIpc) is 2.39. The summed E-state index contributed by atoms with van der Waals surface area (Å²) in [5, 5.41) is 9.15. The summed E-state index contributed by atoms with van der Waals surface area (Å²) in [7, 11) is 0. The molecule has 1 aromatic rings. The maximum atomic E-state index is 9.15. The second-order valence-electron chi connectivity index (χ2n) is 5.04. The van der Waals surface area contributed by atoms with Crippen LogP contribution in [0.3, 0.4) is 0 Å². The van der Waals surface area contributed by atoms with Crippen molar-refractivity contribution in [1.29, 1.82) is 0 Å². The lowest BCUT2D eigenvalue weighted by atomic mass is 9.79. The van der Waals surface area contributed by atoms with Gasteiger partial charge in [-0.25, -0.2) is 0 Å². The van der Waals surface area contributed by atoms with Crippen LogP contribution in [-0.2, 0) is 12.0 Å². The van der Waals surface area contributed by atoms with Crippen LogP contribution in [0.25, 0.3) is 0 Å². The molecule has 1 heterocycles. The van der Waals surface area contributed by atoms with Gasteiger partial charge < -0.3 is 5.11 Å². The number of hydrogen-bond acceptors (Lipinski definition) is 2. The second-order valence-corrected chi connectivity index (χ2v) is 5.04. The molecular weight excluding hydrogens is 210 g/mol. The molecule has 0 amide bonds. The van der Waals surface area contributed by atoms with E-state index in [1.165, 1.54) is 25.7 Å². The van der Waals surface area contributed by atoms with Gasteiger partial charge in [0.2, 0.25) is 0 Å². The highest BCUT2D eigenvalue weighted by Gasteiger charge is 2.25. The molecule has 0 spiro atoms. The predicted octanol–water partition coefficient (Wildman–Crippen LogP) is 3.82. The maximum absolute atomic E-state index is 9.15. The molecule has 0 saturated heterocycles. The van der Waals surface area contributed by atoms with E-state index in [-0.39, 0.29) is 12.0 Å². The zero-order valence-electron chi connectivity index (χ0n) is 11.4. The fourth-order valence-corrected chi connectivity index (χ4v) is 2.15. The van der Waals surface area contributed by atoms with Crippen LogP contribution >= 0.6 is 0 Å². The Kier molecular flexibility index (Phi) is 5.63. The van der Waals surface area contributed by atoms with Crippen molar-refractivity contribution in [2.45, 2.75) is 64.9 Å². The molecule has 1 aromatic heterocycles. The quantitative estimate of drug-likeness (QED) is 0.729.